The third-order valence-electron chi connectivity index (χ3n) is 4.90. The number of benzene rings is 1. The molecule has 0 radical (unpaired) electrons. The molecule has 2 heterocycles. The maximum absolute atomic E-state index is 13.9. The molecular formula is C18H30Cl3FN4O2. The number of ether oxygens (including phenoxy) is 1. The highest BCUT2D eigenvalue weighted by molar-refractivity contribution is 5.86. The molecule has 6 nitrogen and oxygen atoms in total. The molecule has 2 saturated heterocycles. The van der Waals surface area contributed by atoms with Crippen molar-refractivity contribution in [1.82, 2.24) is 15.5 Å². The van der Waals surface area contributed by atoms with Gasteiger partial charge < -0.3 is 25.2 Å². The van der Waals surface area contributed by atoms with Gasteiger partial charge in [0.05, 0.1) is 19.3 Å². The monoisotopic (exact) mass is 458 g/mol. The number of amides is 1. The zero-order valence-corrected chi connectivity index (χ0v) is 18.6. The van der Waals surface area contributed by atoms with Crippen molar-refractivity contribution in [3.8, 4) is 0 Å². The molecule has 0 saturated carbocycles. The van der Waals surface area contributed by atoms with Gasteiger partial charge in [0, 0.05) is 44.0 Å². The Balaban J connectivity index is 0.00000243. The average molecular weight is 460 g/mol. The van der Waals surface area contributed by atoms with Crippen molar-refractivity contribution in [1.29, 1.82) is 0 Å². The lowest BCUT2D eigenvalue weighted by atomic mass is 10.0. The second kappa shape index (κ2) is 12.7. The Hall–Kier alpha value is -0.830. The van der Waals surface area contributed by atoms with Crippen molar-refractivity contribution in [3.63, 3.8) is 0 Å². The lowest BCUT2D eigenvalue weighted by Gasteiger charge is -2.36. The smallest absolute Gasteiger partial charge is 0.240 e. The Morgan fingerprint density at radius 1 is 1.25 bits per heavy atom. The molecule has 1 amide bonds. The molecule has 10 heteroatoms. The summed E-state index contributed by atoms with van der Waals surface area (Å²) in [5.41, 5.74) is 1.81. The summed E-state index contributed by atoms with van der Waals surface area (Å²) in [5.74, 6) is -0.395. The van der Waals surface area contributed by atoms with Crippen LogP contribution in [0.3, 0.4) is 0 Å². The first-order chi connectivity index (χ1) is 12.0. The molecule has 2 aliphatic rings. The van der Waals surface area contributed by atoms with Crippen LogP contribution in [0.1, 0.15) is 18.5 Å². The minimum Gasteiger partial charge on any atom is -0.378 e. The molecule has 162 valence electrons. The van der Waals surface area contributed by atoms with Gasteiger partial charge in [0.2, 0.25) is 5.91 Å². The number of carbonyl (C=O) groups excluding carboxylic acids is 1. The molecule has 2 N–H and O–H groups in total. The molecule has 2 unspecified atom stereocenters. The van der Waals surface area contributed by atoms with Crippen molar-refractivity contribution >= 4 is 48.8 Å². The van der Waals surface area contributed by atoms with Crippen molar-refractivity contribution in [2.24, 2.45) is 0 Å². The van der Waals surface area contributed by atoms with Crippen LogP contribution in [0, 0.1) is 5.82 Å². The van der Waals surface area contributed by atoms with Gasteiger partial charge in [-0.3, -0.25) is 4.79 Å². The number of hydrogen-bond acceptors (Lipinski definition) is 5. The summed E-state index contributed by atoms with van der Waals surface area (Å²) in [6.07, 6.45) is 0. The normalized spacial score (nSPS) is 20.8. The zero-order chi connectivity index (χ0) is 17.8. The molecule has 2 aliphatic heterocycles. The molecule has 0 aliphatic carbocycles. The van der Waals surface area contributed by atoms with E-state index in [1.165, 1.54) is 12.1 Å². The third-order valence-corrected chi connectivity index (χ3v) is 4.90. The number of likely N-dealkylation sites (N-methyl/N-ethyl adjacent to an activating group) is 1. The van der Waals surface area contributed by atoms with Crippen LogP contribution < -0.4 is 15.5 Å². The fourth-order valence-corrected chi connectivity index (χ4v) is 3.33. The molecule has 1 aromatic rings. The summed E-state index contributed by atoms with van der Waals surface area (Å²) >= 11 is 0. The number of nitrogens with zero attached hydrogens (tertiary/aromatic N) is 2. The van der Waals surface area contributed by atoms with Gasteiger partial charge in [-0.05, 0) is 32.2 Å². The van der Waals surface area contributed by atoms with Crippen LogP contribution in [0.5, 0.6) is 0 Å². The van der Waals surface area contributed by atoms with Gasteiger partial charge in [-0.1, -0.05) is 0 Å². The van der Waals surface area contributed by atoms with Gasteiger partial charge in [0.15, 0.2) is 0 Å². The second-order valence-corrected chi connectivity index (χ2v) is 6.81. The average Bonchev–Trinajstić information content (AvgIpc) is 2.63. The zero-order valence-electron chi connectivity index (χ0n) is 16.2. The number of rotatable bonds is 4. The number of hydrogen-bond donors (Lipinski definition) is 2. The number of carbonyl (C=O) groups is 1. The lowest BCUT2D eigenvalue weighted by Crippen LogP contribution is -2.51. The van der Waals surface area contributed by atoms with Gasteiger partial charge >= 0.3 is 0 Å². The van der Waals surface area contributed by atoms with E-state index in [0.717, 1.165) is 37.4 Å². The van der Waals surface area contributed by atoms with Gasteiger partial charge in [0.1, 0.15) is 11.9 Å². The Morgan fingerprint density at radius 3 is 2.54 bits per heavy atom. The summed E-state index contributed by atoms with van der Waals surface area (Å²) < 4.78 is 19.2. The van der Waals surface area contributed by atoms with Crippen LogP contribution in [0.2, 0.25) is 0 Å². The molecule has 0 bridgehead atoms. The van der Waals surface area contributed by atoms with E-state index in [1.54, 1.807) is 0 Å². The number of piperazine rings is 1. The third kappa shape index (κ3) is 6.90. The number of anilines is 1. The first kappa shape index (κ1) is 27.2. The fourth-order valence-electron chi connectivity index (χ4n) is 3.33. The van der Waals surface area contributed by atoms with E-state index >= 15 is 0 Å². The van der Waals surface area contributed by atoms with Crippen LogP contribution in [-0.4, -0.2) is 69.8 Å². The summed E-state index contributed by atoms with van der Waals surface area (Å²) in [6, 6.07) is 4.21. The molecule has 2 atom stereocenters. The van der Waals surface area contributed by atoms with Gasteiger partial charge in [-0.25, -0.2) is 4.39 Å². The highest BCUT2D eigenvalue weighted by atomic mass is 35.5. The van der Waals surface area contributed by atoms with E-state index < -0.39 is 0 Å². The summed E-state index contributed by atoms with van der Waals surface area (Å²) in [4.78, 5) is 17.0. The number of morpholine rings is 1. The van der Waals surface area contributed by atoms with E-state index in [-0.39, 0.29) is 61.0 Å². The van der Waals surface area contributed by atoms with E-state index in [1.807, 2.05) is 13.0 Å². The van der Waals surface area contributed by atoms with E-state index in [0.29, 0.717) is 19.8 Å². The highest BCUT2D eigenvalue weighted by Crippen LogP contribution is 2.28. The van der Waals surface area contributed by atoms with Crippen LogP contribution in [0.25, 0.3) is 0 Å². The van der Waals surface area contributed by atoms with E-state index in [9.17, 15) is 9.18 Å². The van der Waals surface area contributed by atoms with Gasteiger partial charge in [-0.2, -0.15) is 0 Å². The standard InChI is InChI=1S/C18H27FN4O2.3ClH/c1-13(21-18(24)16-12-25-10-5-20-16)15-11-14(19)3-4-17(15)23-8-6-22(2)7-9-23;;;/h3-4,11,13,16,20H,5-10,12H2,1-2H3,(H,21,24);3*1H. The van der Waals surface area contributed by atoms with Crippen molar-refractivity contribution in [3.05, 3.63) is 29.6 Å². The van der Waals surface area contributed by atoms with Gasteiger partial charge in [0.25, 0.3) is 0 Å². The molecule has 1 aromatic carbocycles. The minimum atomic E-state index is -0.350. The number of nitrogens with one attached hydrogen (secondary N) is 2. The Bertz CT molecular complexity index is 612. The predicted molar refractivity (Wildman–Crippen MR) is 117 cm³/mol. The largest absolute Gasteiger partial charge is 0.378 e. The van der Waals surface area contributed by atoms with Crippen LogP contribution >= 0.6 is 37.2 Å². The lowest BCUT2D eigenvalue weighted by molar-refractivity contribution is -0.126. The summed E-state index contributed by atoms with van der Waals surface area (Å²) in [5, 5.41) is 6.14. The molecule has 3 rings (SSSR count). The Kier molecular flexibility index (Phi) is 12.3. The van der Waals surface area contributed by atoms with Crippen molar-refractivity contribution < 1.29 is 13.9 Å². The first-order valence-electron chi connectivity index (χ1n) is 8.89. The SMILES string of the molecule is CC(NC(=O)C1COCCN1)c1cc(F)ccc1N1CCN(C)CC1.Cl.Cl.Cl. The van der Waals surface area contributed by atoms with E-state index in [2.05, 4.69) is 27.5 Å². The van der Waals surface area contributed by atoms with Crippen LogP contribution in [-0.2, 0) is 9.53 Å². The summed E-state index contributed by atoms with van der Waals surface area (Å²) in [7, 11) is 2.10. The number of halogens is 4. The van der Waals surface area contributed by atoms with Crippen molar-refractivity contribution in [2.75, 3.05) is 57.9 Å². The van der Waals surface area contributed by atoms with Crippen molar-refractivity contribution in [2.45, 2.75) is 19.0 Å². The quantitative estimate of drug-likeness (QED) is 0.721. The maximum atomic E-state index is 13.9. The second-order valence-electron chi connectivity index (χ2n) is 6.81. The molecular weight excluding hydrogens is 430 g/mol. The predicted octanol–water partition coefficient (Wildman–Crippen LogP) is 2.01. The maximum Gasteiger partial charge on any atom is 0.240 e. The fraction of sp³-hybridized carbons (Fsp3) is 0.611. The minimum absolute atomic E-state index is 0. The van der Waals surface area contributed by atoms with E-state index in [4.69, 9.17) is 4.74 Å². The Labute approximate surface area is 184 Å². The molecule has 28 heavy (non-hydrogen) atoms. The van der Waals surface area contributed by atoms with Gasteiger partial charge in [-0.15, -0.1) is 37.2 Å². The molecule has 0 spiro atoms. The van der Waals surface area contributed by atoms with Crippen LogP contribution in [0.15, 0.2) is 18.2 Å². The van der Waals surface area contributed by atoms with Crippen LogP contribution in [0.4, 0.5) is 10.1 Å². The molecule has 2 fully saturated rings. The first-order valence-corrected chi connectivity index (χ1v) is 8.89. The molecule has 0 aromatic heterocycles. The Morgan fingerprint density at radius 2 is 1.93 bits per heavy atom. The highest BCUT2D eigenvalue weighted by Gasteiger charge is 2.25. The topological polar surface area (TPSA) is 56.8 Å². The summed E-state index contributed by atoms with van der Waals surface area (Å²) in [6.45, 7) is 7.29.